The Bertz CT molecular complexity index is 490. The molecule has 0 aliphatic carbocycles. The molecule has 2 nitrogen and oxygen atoms in total. The Balaban J connectivity index is 1.85. The number of hydrogen-bond acceptors (Lipinski definition) is 3. The molecule has 1 aromatic carbocycles. The van der Waals surface area contributed by atoms with Crippen LogP contribution < -0.4 is 5.73 Å². The number of nitrogens with two attached hydrogens (primary N) is 1. The van der Waals surface area contributed by atoms with Crippen LogP contribution in [0.25, 0.3) is 0 Å². The molecule has 2 rings (SSSR count). The third-order valence-corrected chi connectivity index (χ3v) is 4.30. The molecule has 2 aromatic rings. The topological polar surface area (TPSA) is 38.9 Å². The van der Waals surface area contributed by atoms with Crippen LogP contribution in [0, 0.1) is 13.8 Å². The van der Waals surface area contributed by atoms with Crippen molar-refractivity contribution in [1.29, 1.82) is 0 Å². The predicted molar refractivity (Wildman–Crippen MR) is 77.9 cm³/mol. The second kappa shape index (κ2) is 6.12. The van der Waals surface area contributed by atoms with Crippen LogP contribution in [0.4, 0.5) is 0 Å². The first-order valence-corrected chi connectivity index (χ1v) is 7.22. The minimum Gasteiger partial charge on any atom is -0.323 e. The average Bonchev–Trinajstić information content (AvgIpc) is 2.70. The van der Waals surface area contributed by atoms with Crippen LogP contribution in [-0.2, 0) is 6.42 Å². The highest BCUT2D eigenvalue weighted by molar-refractivity contribution is 7.11. The van der Waals surface area contributed by atoms with Crippen molar-refractivity contribution in [2.45, 2.75) is 39.2 Å². The quantitative estimate of drug-likeness (QED) is 0.888. The summed E-state index contributed by atoms with van der Waals surface area (Å²) < 4.78 is 0. The zero-order valence-electron chi connectivity index (χ0n) is 11.0. The lowest BCUT2D eigenvalue weighted by Crippen LogP contribution is -2.10. The summed E-state index contributed by atoms with van der Waals surface area (Å²) >= 11 is 1.73. The van der Waals surface area contributed by atoms with Gasteiger partial charge < -0.3 is 5.73 Å². The van der Waals surface area contributed by atoms with Crippen molar-refractivity contribution in [3.63, 3.8) is 0 Å². The van der Waals surface area contributed by atoms with Crippen LogP contribution in [0.15, 0.2) is 30.3 Å². The molecule has 1 atom stereocenters. The second-order valence-electron chi connectivity index (χ2n) is 4.67. The van der Waals surface area contributed by atoms with Crippen molar-refractivity contribution in [2.24, 2.45) is 5.73 Å². The van der Waals surface area contributed by atoms with Crippen molar-refractivity contribution in [3.8, 4) is 0 Å². The molecule has 3 heteroatoms. The lowest BCUT2D eigenvalue weighted by Gasteiger charge is -2.10. The third kappa shape index (κ3) is 3.40. The molecule has 0 saturated carbocycles. The van der Waals surface area contributed by atoms with Gasteiger partial charge >= 0.3 is 0 Å². The number of aromatic nitrogens is 1. The fourth-order valence-corrected chi connectivity index (χ4v) is 3.16. The van der Waals surface area contributed by atoms with Crippen molar-refractivity contribution in [1.82, 2.24) is 4.98 Å². The predicted octanol–water partition coefficient (Wildman–Crippen LogP) is 3.78. The molecule has 18 heavy (non-hydrogen) atoms. The molecule has 1 aromatic heterocycles. The van der Waals surface area contributed by atoms with Crippen LogP contribution in [-0.4, -0.2) is 4.98 Å². The zero-order chi connectivity index (χ0) is 13.0. The highest BCUT2D eigenvalue weighted by Gasteiger charge is 2.12. The van der Waals surface area contributed by atoms with Crippen LogP contribution in [0.3, 0.4) is 0 Å². The van der Waals surface area contributed by atoms with Gasteiger partial charge in [0.05, 0.1) is 10.7 Å². The van der Waals surface area contributed by atoms with Gasteiger partial charge in [-0.05, 0) is 38.7 Å². The van der Waals surface area contributed by atoms with Crippen LogP contribution in [0.1, 0.15) is 40.0 Å². The third-order valence-electron chi connectivity index (χ3n) is 3.10. The molecular formula is C15H20N2S. The van der Waals surface area contributed by atoms with E-state index in [0.29, 0.717) is 0 Å². The molecule has 0 bridgehead atoms. The maximum atomic E-state index is 6.24. The number of benzene rings is 1. The summed E-state index contributed by atoms with van der Waals surface area (Å²) in [6, 6.07) is 10.7. The Kier molecular flexibility index (Phi) is 4.50. The monoisotopic (exact) mass is 260 g/mol. The largest absolute Gasteiger partial charge is 0.323 e. The minimum atomic E-state index is 0.139. The van der Waals surface area contributed by atoms with Gasteiger partial charge in [0.15, 0.2) is 0 Å². The van der Waals surface area contributed by atoms with E-state index in [9.17, 15) is 0 Å². The molecule has 0 spiro atoms. The van der Waals surface area contributed by atoms with E-state index in [2.05, 4.69) is 42.2 Å². The van der Waals surface area contributed by atoms with E-state index in [0.717, 1.165) is 30.0 Å². The van der Waals surface area contributed by atoms with Crippen LogP contribution >= 0.6 is 11.3 Å². The maximum Gasteiger partial charge on any atom is 0.0900 e. The number of hydrogen-bond donors (Lipinski definition) is 1. The van der Waals surface area contributed by atoms with Crippen molar-refractivity contribution in [2.75, 3.05) is 0 Å². The molecule has 96 valence electrons. The first kappa shape index (κ1) is 13.2. The van der Waals surface area contributed by atoms with E-state index in [1.54, 1.807) is 11.3 Å². The summed E-state index contributed by atoms with van der Waals surface area (Å²) in [5.41, 5.74) is 8.74. The number of rotatable bonds is 5. The summed E-state index contributed by atoms with van der Waals surface area (Å²) in [5.74, 6) is 0. The smallest absolute Gasteiger partial charge is 0.0900 e. The summed E-state index contributed by atoms with van der Waals surface area (Å²) in [7, 11) is 0. The molecule has 0 aliphatic heterocycles. The van der Waals surface area contributed by atoms with Gasteiger partial charge in [-0.3, -0.25) is 0 Å². The first-order valence-electron chi connectivity index (χ1n) is 6.40. The Labute approximate surface area is 113 Å². The Morgan fingerprint density at radius 3 is 2.56 bits per heavy atom. The Morgan fingerprint density at radius 2 is 1.94 bits per heavy atom. The molecule has 0 fully saturated rings. The lowest BCUT2D eigenvalue weighted by molar-refractivity contribution is 0.616. The van der Waals surface area contributed by atoms with Gasteiger partial charge in [-0.1, -0.05) is 30.3 Å². The van der Waals surface area contributed by atoms with E-state index in [-0.39, 0.29) is 6.04 Å². The number of aryl methyl sites for hydroxylation is 3. The van der Waals surface area contributed by atoms with Gasteiger partial charge in [0.2, 0.25) is 0 Å². The van der Waals surface area contributed by atoms with Crippen molar-refractivity contribution >= 4 is 11.3 Å². The molecule has 0 aliphatic rings. The average molecular weight is 260 g/mol. The van der Waals surface area contributed by atoms with Gasteiger partial charge in [-0.25, -0.2) is 4.98 Å². The Hall–Kier alpha value is -1.19. The standard InChI is InChI=1S/C15H20N2S/c1-11-15(18-12(2)17-11)14(16)10-6-9-13-7-4-3-5-8-13/h3-5,7-8,14H,6,9-10,16H2,1-2H3. The molecule has 1 heterocycles. The molecule has 1 unspecified atom stereocenters. The SMILES string of the molecule is Cc1nc(C)c(C(N)CCCc2ccccc2)s1. The van der Waals surface area contributed by atoms with Gasteiger partial charge in [-0.15, -0.1) is 11.3 Å². The van der Waals surface area contributed by atoms with Crippen molar-refractivity contribution < 1.29 is 0 Å². The summed E-state index contributed by atoms with van der Waals surface area (Å²) in [4.78, 5) is 5.69. The summed E-state index contributed by atoms with van der Waals surface area (Å²) in [6.45, 7) is 4.09. The first-order chi connectivity index (χ1) is 8.66. The van der Waals surface area contributed by atoms with E-state index in [1.165, 1.54) is 10.4 Å². The van der Waals surface area contributed by atoms with E-state index < -0.39 is 0 Å². The highest BCUT2D eigenvalue weighted by atomic mass is 32.1. The molecule has 2 N–H and O–H groups in total. The molecular weight excluding hydrogens is 240 g/mol. The van der Waals surface area contributed by atoms with Gasteiger partial charge in [-0.2, -0.15) is 0 Å². The molecule has 0 saturated heterocycles. The molecule has 0 radical (unpaired) electrons. The van der Waals surface area contributed by atoms with E-state index in [4.69, 9.17) is 5.73 Å². The van der Waals surface area contributed by atoms with E-state index >= 15 is 0 Å². The highest BCUT2D eigenvalue weighted by Crippen LogP contribution is 2.26. The lowest BCUT2D eigenvalue weighted by atomic mass is 10.0. The van der Waals surface area contributed by atoms with Gasteiger partial charge in [0.1, 0.15) is 0 Å². The van der Waals surface area contributed by atoms with Crippen LogP contribution in [0.5, 0.6) is 0 Å². The minimum absolute atomic E-state index is 0.139. The second-order valence-corrected chi connectivity index (χ2v) is 5.90. The number of nitrogens with zero attached hydrogens (tertiary/aromatic N) is 1. The fraction of sp³-hybridized carbons (Fsp3) is 0.400. The Morgan fingerprint density at radius 1 is 1.22 bits per heavy atom. The summed E-state index contributed by atoms with van der Waals surface area (Å²) in [5, 5.41) is 1.11. The van der Waals surface area contributed by atoms with Crippen molar-refractivity contribution in [3.05, 3.63) is 51.5 Å². The normalized spacial score (nSPS) is 12.6. The van der Waals surface area contributed by atoms with Gasteiger partial charge in [0.25, 0.3) is 0 Å². The summed E-state index contributed by atoms with van der Waals surface area (Å²) in [6.07, 6.45) is 3.25. The van der Waals surface area contributed by atoms with Gasteiger partial charge in [0, 0.05) is 10.9 Å². The van der Waals surface area contributed by atoms with E-state index in [1.807, 2.05) is 6.92 Å². The zero-order valence-corrected chi connectivity index (χ0v) is 11.8. The fourth-order valence-electron chi connectivity index (χ4n) is 2.19. The molecule has 0 amide bonds. The maximum absolute atomic E-state index is 6.24. The number of thiazole rings is 1. The van der Waals surface area contributed by atoms with Crippen LogP contribution in [0.2, 0.25) is 0 Å².